The number of benzene rings is 2. The van der Waals surface area contributed by atoms with Crippen molar-refractivity contribution in [2.24, 2.45) is 0 Å². The van der Waals surface area contributed by atoms with Gasteiger partial charge in [-0.3, -0.25) is 4.79 Å². The Bertz CT molecular complexity index is 1440. The molecule has 0 unspecified atom stereocenters. The van der Waals surface area contributed by atoms with Crippen LogP contribution < -0.4 is 5.43 Å². The molecule has 0 aliphatic heterocycles. The lowest BCUT2D eigenvalue weighted by atomic mass is 10.2. The minimum Gasteiger partial charge on any atom is -0.287 e. The zero-order chi connectivity index (χ0) is 21.4. The van der Waals surface area contributed by atoms with Gasteiger partial charge in [0.2, 0.25) is 5.43 Å². The second kappa shape index (κ2) is 7.66. The summed E-state index contributed by atoms with van der Waals surface area (Å²) in [4.78, 5) is 12.6. The molecule has 0 aliphatic carbocycles. The van der Waals surface area contributed by atoms with Crippen molar-refractivity contribution in [1.82, 2.24) is 29.3 Å². The molecule has 0 amide bonds. The summed E-state index contributed by atoms with van der Waals surface area (Å²) in [5.41, 5.74) is 1.75. The third-order valence-electron chi connectivity index (χ3n) is 4.69. The first-order valence-electron chi connectivity index (χ1n) is 9.30. The third kappa shape index (κ3) is 3.53. The molecular formula is C22H14ClFN6O. The molecule has 5 aromatic rings. The normalized spacial score (nSPS) is 11.0. The van der Waals surface area contributed by atoms with Crippen molar-refractivity contribution in [3.05, 3.63) is 107 Å². The quantitative estimate of drug-likeness (QED) is 0.429. The highest BCUT2D eigenvalue weighted by Crippen LogP contribution is 2.22. The molecule has 0 spiro atoms. The van der Waals surface area contributed by atoms with Crippen molar-refractivity contribution in [1.29, 1.82) is 0 Å². The van der Waals surface area contributed by atoms with E-state index in [1.165, 1.54) is 23.0 Å². The predicted octanol–water partition coefficient (Wildman–Crippen LogP) is 4.06. The molecule has 0 atom stereocenters. The van der Waals surface area contributed by atoms with Crippen molar-refractivity contribution in [3.63, 3.8) is 0 Å². The number of rotatable bonds is 4. The molecule has 2 aromatic carbocycles. The SMILES string of the molecule is O=c1ccn(-c2ccc(-n3cccn3)cc2F)nc1-c1ccnn1-c1cccc(Cl)c1. The first kappa shape index (κ1) is 19.0. The molecular weight excluding hydrogens is 419 g/mol. The highest BCUT2D eigenvalue weighted by Gasteiger charge is 2.15. The number of nitrogens with zero attached hydrogens (tertiary/aromatic N) is 6. The fraction of sp³-hybridized carbons (Fsp3) is 0. The van der Waals surface area contributed by atoms with Gasteiger partial charge in [0, 0.05) is 35.7 Å². The fourth-order valence-corrected chi connectivity index (χ4v) is 3.45. The van der Waals surface area contributed by atoms with Crippen LogP contribution in [0.4, 0.5) is 4.39 Å². The largest absolute Gasteiger partial charge is 0.287 e. The standard InChI is InChI=1S/C22H14ClFN6O/c23-15-3-1-4-17(13-15)30-20(7-10-26-30)22-21(31)8-12-29(27-22)19-6-5-16(14-18(19)24)28-11-2-9-25-28/h1-14H. The second-order valence-corrected chi connectivity index (χ2v) is 7.10. The Morgan fingerprint density at radius 3 is 2.52 bits per heavy atom. The van der Waals surface area contributed by atoms with E-state index in [2.05, 4.69) is 15.3 Å². The average molecular weight is 433 g/mol. The van der Waals surface area contributed by atoms with E-state index in [-0.39, 0.29) is 16.8 Å². The Labute approximate surface area is 180 Å². The van der Waals surface area contributed by atoms with Crippen LogP contribution in [0.1, 0.15) is 0 Å². The van der Waals surface area contributed by atoms with Gasteiger partial charge in [0.1, 0.15) is 5.69 Å². The van der Waals surface area contributed by atoms with Gasteiger partial charge in [0.15, 0.2) is 11.5 Å². The Morgan fingerprint density at radius 1 is 0.839 bits per heavy atom. The summed E-state index contributed by atoms with van der Waals surface area (Å²) in [5, 5.41) is 13.3. The summed E-state index contributed by atoms with van der Waals surface area (Å²) < 4.78 is 19.3. The van der Waals surface area contributed by atoms with Crippen molar-refractivity contribution < 1.29 is 4.39 Å². The van der Waals surface area contributed by atoms with Gasteiger partial charge in [-0.1, -0.05) is 17.7 Å². The van der Waals surface area contributed by atoms with E-state index in [0.29, 0.717) is 22.1 Å². The van der Waals surface area contributed by atoms with E-state index >= 15 is 0 Å². The van der Waals surface area contributed by atoms with Gasteiger partial charge < -0.3 is 0 Å². The lowest BCUT2D eigenvalue weighted by molar-refractivity contribution is 0.606. The minimum atomic E-state index is -0.501. The summed E-state index contributed by atoms with van der Waals surface area (Å²) in [7, 11) is 0. The molecule has 0 radical (unpaired) electrons. The van der Waals surface area contributed by atoms with Crippen molar-refractivity contribution in [2.45, 2.75) is 0 Å². The van der Waals surface area contributed by atoms with Gasteiger partial charge in [-0.15, -0.1) is 0 Å². The van der Waals surface area contributed by atoms with Crippen LogP contribution in [0.25, 0.3) is 28.5 Å². The van der Waals surface area contributed by atoms with Crippen molar-refractivity contribution in [2.75, 3.05) is 0 Å². The van der Waals surface area contributed by atoms with Gasteiger partial charge in [-0.25, -0.2) is 18.4 Å². The van der Waals surface area contributed by atoms with Gasteiger partial charge in [0.05, 0.1) is 23.3 Å². The molecule has 3 heterocycles. The molecule has 7 nitrogen and oxygen atoms in total. The molecule has 0 N–H and O–H groups in total. The number of aromatic nitrogens is 6. The topological polar surface area (TPSA) is 70.5 Å². The van der Waals surface area contributed by atoms with Crippen LogP contribution >= 0.6 is 11.6 Å². The second-order valence-electron chi connectivity index (χ2n) is 6.67. The van der Waals surface area contributed by atoms with Gasteiger partial charge in [-0.2, -0.15) is 15.3 Å². The summed E-state index contributed by atoms with van der Waals surface area (Å²) in [6.45, 7) is 0. The Balaban J connectivity index is 1.59. The maximum atomic E-state index is 14.9. The molecule has 3 aromatic heterocycles. The van der Waals surface area contributed by atoms with Crippen LogP contribution in [0, 0.1) is 5.82 Å². The molecule has 31 heavy (non-hydrogen) atoms. The first-order chi connectivity index (χ1) is 15.1. The van der Waals surface area contributed by atoms with Crippen LogP contribution in [0.5, 0.6) is 0 Å². The molecule has 0 bridgehead atoms. The summed E-state index contributed by atoms with van der Waals surface area (Å²) in [6, 6.07) is 16.5. The summed E-state index contributed by atoms with van der Waals surface area (Å²) in [5.74, 6) is -0.501. The number of hydrogen-bond donors (Lipinski definition) is 0. The van der Waals surface area contributed by atoms with Crippen molar-refractivity contribution >= 4 is 11.6 Å². The van der Waals surface area contributed by atoms with Crippen LogP contribution in [0.15, 0.2) is 90.2 Å². The average Bonchev–Trinajstić information content (AvgIpc) is 3.47. The zero-order valence-electron chi connectivity index (χ0n) is 15.9. The first-order valence-corrected chi connectivity index (χ1v) is 9.68. The lowest BCUT2D eigenvalue weighted by Gasteiger charge is -2.11. The maximum absolute atomic E-state index is 14.9. The van der Waals surface area contributed by atoms with E-state index in [4.69, 9.17) is 11.6 Å². The van der Waals surface area contributed by atoms with Gasteiger partial charge >= 0.3 is 0 Å². The van der Waals surface area contributed by atoms with Gasteiger partial charge in [-0.05, 0) is 42.5 Å². The molecule has 0 aliphatic rings. The van der Waals surface area contributed by atoms with Gasteiger partial charge in [0.25, 0.3) is 0 Å². The van der Waals surface area contributed by atoms with Crippen LogP contribution in [-0.4, -0.2) is 29.3 Å². The van der Waals surface area contributed by atoms with E-state index in [0.717, 1.165) is 0 Å². The Hall–Kier alpha value is -4.04. The molecule has 0 saturated carbocycles. The monoisotopic (exact) mass is 432 g/mol. The number of halogens is 2. The van der Waals surface area contributed by atoms with E-state index < -0.39 is 5.82 Å². The van der Waals surface area contributed by atoms with Crippen LogP contribution in [0.2, 0.25) is 5.02 Å². The van der Waals surface area contributed by atoms with Crippen LogP contribution in [-0.2, 0) is 0 Å². The van der Waals surface area contributed by atoms with E-state index in [1.54, 1.807) is 70.4 Å². The molecule has 152 valence electrons. The number of hydrogen-bond acceptors (Lipinski definition) is 4. The summed E-state index contributed by atoms with van der Waals surface area (Å²) in [6.07, 6.45) is 6.33. The molecule has 9 heteroatoms. The fourth-order valence-electron chi connectivity index (χ4n) is 3.26. The smallest absolute Gasteiger partial charge is 0.209 e. The maximum Gasteiger partial charge on any atom is 0.209 e. The van der Waals surface area contributed by atoms with E-state index in [9.17, 15) is 9.18 Å². The van der Waals surface area contributed by atoms with Crippen LogP contribution in [0.3, 0.4) is 0 Å². The Morgan fingerprint density at radius 2 is 1.74 bits per heavy atom. The minimum absolute atomic E-state index is 0.135. The lowest BCUT2D eigenvalue weighted by Crippen LogP contribution is -2.15. The molecule has 0 saturated heterocycles. The highest BCUT2D eigenvalue weighted by molar-refractivity contribution is 6.30. The summed E-state index contributed by atoms with van der Waals surface area (Å²) >= 11 is 6.09. The molecule has 5 rings (SSSR count). The van der Waals surface area contributed by atoms with E-state index in [1.807, 2.05) is 6.07 Å². The Kier molecular flexibility index (Phi) is 4.68. The predicted molar refractivity (Wildman–Crippen MR) is 114 cm³/mol. The highest BCUT2D eigenvalue weighted by atomic mass is 35.5. The molecule has 0 fully saturated rings. The zero-order valence-corrected chi connectivity index (χ0v) is 16.7. The van der Waals surface area contributed by atoms with Crippen molar-refractivity contribution in [3.8, 4) is 28.5 Å². The third-order valence-corrected chi connectivity index (χ3v) is 4.93.